The lowest BCUT2D eigenvalue weighted by atomic mass is 10.1. The SMILES string of the molecule is CC(C#N)CNCCc1ccc(Cl)cc1Cl. The van der Waals surface area contributed by atoms with Crippen LogP contribution in [0.3, 0.4) is 0 Å². The van der Waals surface area contributed by atoms with Gasteiger partial charge in [0.25, 0.3) is 0 Å². The Balaban J connectivity index is 2.35. The molecular formula is C12H14Cl2N2. The van der Waals surface area contributed by atoms with Gasteiger partial charge in [-0.1, -0.05) is 29.3 Å². The molecule has 0 amide bonds. The van der Waals surface area contributed by atoms with Gasteiger partial charge in [0.2, 0.25) is 0 Å². The van der Waals surface area contributed by atoms with Crippen LogP contribution < -0.4 is 5.32 Å². The molecular weight excluding hydrogens is 243 g/mol. The minimum atomic E-state index is 0.0423. The van der Waals surface area contributed by atoms with E-state index in [4.69, 9.17) is 28.5 Å². The van der Waals surface area contributed by atoms with Crippen molar-refractivity contribution in [2.45, 2.75) is 13.3 Å². The van der Waals surface area contributed by atoms with E-state index < -0.39 is 0 Å². The second kappa shape index (κ2) is 6.75. The minimum Gasteiger partial charge on any atom is -0.315 e. The molecule has 0 spiro atoms. The third-order valence-corrected chi connectivity index (χ3v) is 2.84. The second-order valence-electron chi connectivity index (χ2n) is 3.72. The number of halogens is 2. The van der Waals surface area contributed by atoms with Crippen molar-refractivity contribution in [3.8, 4) is 6.07 Å². The Bertz CT molecular complexity index is 385. The van der Waals surface area contributed by atoms with Crippen LogP contribution in [-0.2, 0) is 6.42 Å². The summed E-state index contributed by atoms with van der Waals surface area (Å²) in [7, 11) is 0. The fourth-order valence-corrected chi connectivity index (χ4v) is 1.81. The zero-order chi connectivity index (χ0) is 12.0. The van der Waals surface area contributed by atoms with E-state index >= 15 is 0 Å². The molecule has 1 atom stereocenters. The van der Waals surface area contributed by atoms with Crippen LogP contribution in [0.25, 0.3) is 0 Å². The maximum atomic E-state index is 8.60. The molecule has 86 valence electrons. The van der Waals surface area contributed by atoms with E-state index in [0.717, 1.165) is 18.5 Å². The molecule has 1 aromatic carbocycles. The molecule has 1 aromatic rings. The van der Waals surface area contributed by atoms with Gasteiger partial charge in [0.1, 0.15) is 0 Å². The molecule has 0 aromatic heterocycles. The van der Waals surface area contributed by atoms with Gasteiger partial charge in [0, 0.05) is 16.6 Å². The molecule has 0 bridgehead atoms. The number of benzene rings is 1. The molecule has 0 heterocycles. The van der Waals surface area contributed by atoms with Crippen molar-refractivity contribution >= 4 is 23.2 Å². The zero-order valence-electron chi connectivity index (χ0n) is 9.13. The predicted molar refractivity (Wildman–Crippen MR) is 67.8 cm³/mol. The number of rotatable bonds is 5. The molecule has 2 nitrogen and oxygen atoms in total. The van der Waals surface area contributed by atoms with Crippen molar-refractivity contribution in [3.05, 3.63) is 33.8 Å². The zero-order valence-corrected chi connectivity index (χ0v) is 10.6. The lowest BCUT2D eigenvalue weighted by Crippen LogP contribution is -2.22. The monoisotopic (exact) mass is 256 g/mol. The van der Waals surface area contributed by atoms with Crippen LogP contribution in [0.1, 0.15) is 12.5 Å². The van der Waals surface area contributed by atoms with Gasteiger partial charge >= 0.3 is 0 Å². The highest BCUT2D eigenvalue weighted by molar-refractivity contribution is 6.35. The molecule has 0 aliphatic rings. The lowest BCUT2D eigenvalue weighted by Gasteiger charge is -2.07. The predicted octanol–water partition coefficient (Wildman–Crippen LogP) is 3.29. The first-order valence-corrected chi connectivity index (χ1v) is 5.93. The topological polar surface area (TPSA) is 35.8 Å². The van der Waals surface area contributed by atoms with Crippen LogP contribution in [0.2, 0.25) is 10.0 Å². The summed E-state index contributed by atoms with van der Waals surface area (Å²) < 4.78 is 0. The van der Waals surface area contributed by atoms with Gasteiger partial charge < -0.3 is 5.32 Å². The van der Waals surface area contributed by atoms with Crippen molar-refractivity contribution in [1.82, 2.24) is 5.32 Å². The van der Waals surface area contributed by atoms with Crippen LogP contribution in [0.4, 0.5) is 0 Å². The van der Waals surface area contributed by atoms with Gasteiger partial charge in [-0.3, -0.25) is 0 Å². The number of hydrogen-bond acceptors (Lipinski definition) is 2. The summed E-state index contributed by atoms with van der Waals surface area (Å²) in [4.78, 5) is 0. The molecule has 16 heavy (non-hydrogen) atoms. The van der Waals surface area contributed by atoms with E-state index in [1.165, 1.54) is 0 Å². The minimum absolute atomic E-state index is 0.0423. The summed E-state index contributed by atoms with van der Waals surface area (Å²) in [5, 5.41) is 13.2. The van der Waals surface area contributed by atoms with E-state index in [1.807, 2.05) is 19.1 Å². The van der Waals surface area contributed by atoms with Gasteiger partial charge in [-0.2, -0.15) is 5.26 Å². The van der Waals surface area contributed by atoms with Gasteiger partial charge in [-0.05, 0) is 37.6 Å². The number of nitriles is 1. The normalized spacial score (nSPS) is 12.1. The average molecular weight is 257 g/mol. The molecule has 1 unspecified atom stereocenters. The lowest BCUT2D eigenvalue weighted by molar-refractivity contribution is 0.602. The van der Waals surface area contributed by atoms with E-state index in [0.29, 0.717) is 16.6 Å². The van der Waals surface area contributed by atoms with Crippen molar-refractivity contribution in [1.29, 1.82) is 5.26 Å². The van der Waals surface area contributed by atoms with Crippen LogP contribution in [0.15, 0.2) is 18.2 Å². The highest BCUT2D eigenvalue weighted by Crippen LogP contribution is 2.20. The van der Waals surface area contributed by atoms with Crippen molar-refractivity contribution < 1.29 is 0 Å². The molecule has 0 aliphatic heterocycles. The highest BCUT2D eigenvalue weighted by atomic mass is 35.5. The quantitative estimate of drug-likeness (QED) is 0.821. The second-order valence-corrected chi connectivity index (χ2v) is 4.56. The van der Waals surface area contributed by atoms with Crippen molar-refractivity contribution in [2.75, 3.05) is 13.1 Å². The van der Waals surface area contributed by atoms with Crippen LogP contribution in [0, 0.1) is 17.2 Å². The first-order valence-electron chi connectivity index (χ1n) is 5.17. The van der Waals surface area contributed by atoms with Crippen LogP contribution in [-0.4, -0.2) is 13.1 Å². The van der Waals surface area contributed by atoms with E-state index in [2.05, 4.69) is 11.4 Å². The first kappa shape index (κ1) is 13.3. The van der Waals surface area contributed by atoms with E-state index in [-0.39, 0.29) is 5.92 Å². The Hall–Kier alpha value is -0.750. The number of hydrogen-bond donors (Lipinski definition) is 1. The van der Waals surface area contributed by atoms with Crippen molar-refractivity contribution in [2.24, 2.45) is 5.92 Å². The maximum absolute atomic E-state index is 8.60. The Labute approximate surface area is 106 Å². The molecule has 4 heteroatoms. The Morgan fingerprint density at radius 3 is 2.81 bits per heavy atom. The molecule has 1 N–H and O–H groups in total. The van der Waals surface area contributed by atoms with E-state index in [1.54, 1.807) is 6.07 Å². The maximum Gasteiger partial charge on any atom is 0.0666 e. The third kappa shape index (κ3) is 4.40. The fourth-order valence-electron chi connectivity index (χ4n) is 1.31. The first-order chi connectivity index (χ1) is 7.63. The average Bonchev–Trinajstić information content (AvgIpc) is 2.26. The Morgan fingerprint density at radius 2 is 2.19 bits per heavy atom. The largest absolute Gasteiger partial charge is 0.315 e. The van der Waals surface area contributed by atoms with E-state index in [9.17, 15) is 0 Å². The molecule has 0 aliphatic carbocycles. The molecule has 0 saturated heterocycles. The van der Waals surface area contributed by atoms with Crippen LogP contribution >= 0.6 is 23.2 Å². The molecule has 0 radical (unpaired) electrons. The fraction of sp³-hybridized carbons (Fsp3) is 0.417. The third-order valence-electron chi connectivity index (χ3n) is 2.26. The van der Waals surface area contributed by atoms with Crippen LogP contribution in [0.5, 0.6) is 0 Å². The Morgan fingerprint density at radius 1 is 1.44 bits per heavy atom. The van der Waals surface area contributed by atoms with Gasteiger partial charge in [-0.25, -0.2) is 0 Å². The summed E-state index contributed by atoms with van der Waals surface area (Å²) in [6.45, 7) is 3.41. The standard InChI is InChI=1S/C12H14Cl2N2/c1-9(7-15)8-16-5-4-10-2-3-11(13)6-12(10)14/h2-3,6,9,16H,4-5,8H2,1H3. The molecule has 0 saturated carbocycles. The molecule has 0 fully saturated rings. The molecule has 1 rings (SSSR count). The van der Waals surface area contributed by atoms with Crippen molar-refractivity contribution in [3.63, 3.8) is 0 Å². The Kier molecular flexibility index (Phi) is 5.62. The summed E-state index contributed by atoms with van der Waals surface area (Å²) in [5.74, 6) is 0.0423. The van der Waals surface area contributed by atoms with Gasteiger partial charge in [-0.15, -0.1) is 0 Å². The summed E-state index contributed by atoms with van der Waals surface area (Å²) >= 11 is 11.8. The summed E-state index contributed by atoms with van der Waals surface area (Å²) in [6.07, 6.45) is 0.841. The highest BCUT2D eigenvalue weighted by Gasteiger charge is 2.02. The number of nitrogens with one attached hydrogen (secondary N) is 1. The number of nitrogens with zero attached hydrogens (tertiary/aromatic N) is 1. The van der Waals surface area contributed by atoms with Gasteiger partial charge in [0.05, 0.1) is 12.0 Å². The van der Waals surface area contributed by atoms with Gasteiger partial charge in [0.15, 0.2) is 0 Å². The summed E-state index contributed by atoms with van der Waals surface area (Å²) in [6, 6.07) is 7.69. The summed E-state index contributed by atoms with van der Waals surface area (Å²) in [5.41, 5.74) is 1.07. The smallest absolute Gasteiger partial charge is 0.0666 e.